The molecule has 0 aliphatic rings. The van der Waals surface area contributed by atoms with Crippen molar-refractivity contribution in [1.82, 2.24) is 9.78 Å². The van der Waals surface area contributed by atoms with Crippen LogP contribution in [0.5, 0.6) is 11.5 Å². The lowest BCUT2D eigenvalue weighted by molar-refractivity contribution is 0.0871. The minimum atomic E-state index is -0.371. The molecule has 6 heteroatoms. The summed E-state index contributed by atoms with van der Waals surface area (Å²) >= 11 is 0. The molecule has 0 saturated heterocycles. The molecule has 6 nitrogen and oxygen atoms in total. The highest BCUT2D eigenvalue weighted by molar-refractivity contribution is 5.90. The Bertz CT molecular complexity index is 1250. The monoisotopic (exact) mass is 441 g/mol. The molecular weight excluding hydrogens is 414 g/mol. The summed E-state index contributed by atoms with van der Waals surface area (Å²) in [6.07, 6.45) is 1.61. The fraction of sp³-hybridized carbons (Fsp3) is 0.185. The SMILES string of the molecule is COc1cc(-c2cnn(C(=O)C(C)c3ccc(C)cc3)c2N)ccc1OCc1ccccc1. The molecule has 0 aliphatic heterocycles. The predicted octanol–water partition coefficient (Wildman–Crippen LogP) is 5.47. The van der Waals surface area contributed by atoms with E-state index in [1.54, 1.807) is 13.3 Å². The summed E-state index contributed by atoms with van der Waals surface area (Å²) < 4.78 is 12.7. The fourth-order valence-electron chi connectivity index (χ4n) is 3.63. The Morgan fingerprint density at radius 3 is 2.45 bits per heavy atom. The maximum absolute atomic E-state index is 13.1. The second kappa shape index (κ2) is 9.61. The van der Waals surface area contributed by atoms with E-state index < -0.39 is 0 Å². The third-order valence-electron chi connectivity index (χ3n) is 5.67. The topological polar surface area (TPSA) is 79.4 Å². The number of aryl methyl sites for hydroxylation is 1. The quantitative estimate of drug-likeness (QED) is 0.411. The van der Waals surface area contributed by atoms with E-state index in [1.807, 2.05) is 86.6 Å². The van der Waals surface area contributed by atoms with Gasteiger partial charge in [0, 0.05) is 5.56 Å². The summed E-state index contributed by atoms with van der Waals surface area (Å²) in [6, 6.07) is 23.4. The largest absolute Gasteiger partial charge is 0.493 e. The zero-order valence-electron chi connectivity index (χ0n) is 19.0. The van der Waals surface area contributed by atoms with Crippen LogP contribution in [0.3, 0.4) is 0 Å². The van der Waals surface area contributed by atoms with Crippen molar-refractivity contribution in [3.05, 3.63) is 95.7 Å². The molecule has 4 aromatic rings. The Kier molecular flexibility index (Phi) is 6.45. The third kappa shape index (κ3) is 4.75. The van der Waals surface area contributed by atoms with Gasteiger partial charge in [0.2, 0.25) is 0 Å². The number of nitrogens with two attached hydrogens (primary N) is 1. The molecule has 33 heavy (non-hydrogen) atoms. The number of anilines is 1. The highest BCUT2D eigenvalue weighted by Crippen LogP contribution is 2.35. The van der Waals surface area contributed by atoms with Gasteiger partial charge in [0.05, 0.1) is 19.2 Å². The fourth-order valence-corrected chi connectivity index (χ4v) is 3.63. The number of aromatic nitrogens is 2. The van der Waals surface area contributed by atoms with Crippen LogP contribution in [-0.4, -0.2) is 22.8 Å². The van der Waals surface area contributed by atoms with Crippen LogP contribution >= 0.6 is 0 Å². The van der Waals surface area contributed by atoms with Gasteiger partial charge in [-0.1, -0.05) is 66.2 Å². The van der Waals surface area contributed by atoms with Gasteiger partial charge in [0.15, 0.2) is 11.5 Å². The summed E-state index contributed by atoms with van der Waals surface area (Å²) in [6.45, 7) is 4.30. The van der Waals surface area contributed by atoms with Gasteiger partial charge in [-0.25, -0.2) is 0 Å². The Balaban J connectivity index is 1.56. The van der Waals surface area contributed by atoms with Crippen LogP contribution in [0.2, 0.25) is 0 Å². The van der Waals surface area contributed by atoms with Gasteiger partial charge in [0.25, 0.3) is 5.91 Å². The Morgan fingerprint density at radius 1 is 1.03 bits per heavy atom. The van der Waals surface area contributed by atoms with Gasteiger partial charge >= 0.3 is 0 Å². The van der Waals surface area contributed by atoms with Crippen LogP contribution in [0.4, 0.5) is 5.82 Å². The van der Waals surface area contributed by atoms with Gasteiger partial charge < -0.3 is 15.2 Å². The molecule has 0 radical (unpaired) electrons. The minimum absolute atomic E-state index is 0.183. The lowest BCUT2D eigenvalue weighted by atomic mass is 9.99. The van der Waals surface area contributed by atoms with E-state index in [-0.39, 0.29) is 11.8 Å². The van der Waals surface area contributed by atoms with Crippen molar-refractivity contribution < 1.29 is 14.3 Å². The van der Waals surface area contributed by atoms with Crippen molar-refractivity contribution in [3.63, 3.8) is 0 Å². The summed E-state index contributed by atoms with van der Waals surface area (Å²) in [4.78, 5) is 13.1. The van der Waals surface area contributed by atoms with Gasteiger partial charge in [-0.2, -0.15) is 9.78 Å². The van der Waals surface area contributed by atoms with E-state index in [0.717, 1.165) is 22.3 Å². The molecule has 1 heterocycles. The zero-order valence-corrected chi connectivity index (χ0v) is 19.0. The number of nitrogens with zero attached hydrogens (tertiary/aromatic N) is 2. The van der Waals surface area contributed by atoms with Crippen molar-refractivity contribution in [2.45, 2.75) is 26.4 Å². The smallest absolute Gasteiger partial charge is 0.256 e. The number of methoxy groups -OCH3 is 1. The van der Waals surface area contributed by atoms with E-state index in [0.29, 0.717) is 29.5 Å². The molecule has 0 amide bonds. The highest BCUT2D eigenvalue weighted by Gasteiger charge is 2.22. The molecular formula is C27H27N3O3. The Labute approximate surface area is 193 Å². The molecule has 0 bridgehead atoms. The van der Waals surface area contributed by atoms with E-state index in [4.69, 9.17) is 15.2 Å². The van der Waals surface area contributed by atoms with Crippen molar-refractivity contribution in [3.8, 4) is 22.6 Å². The van der Waals surface area contributed by atoms with E-state index >= 15 is 0 Å². The van der Waals surface area contributed by atoms with Gasteiger partial charge in [-0.05, 0) is 42.7 Å². The molecule has 0 fully saturated rings. The molecule has 1 unspecified atom stereocenters. The average molecular weight is 442 g/mol. The standard InChI is InChI=1S/C27H27N3O3/c1-18-9-11-21(12-10-18)19(2)27(31)30-26(28)23(16-29-30)22-13-14-24(25(15-22)32-3)33-17-20-7-5-4-6-8-20/h4-16,19H,17,28H2,1-3H3. The second-order valence-electron chi connectivity index (χ2n) is 7.97. The van der Waals surface area contributed by atoms with Crippen molar-refractivity contribution in [2.24, 2.45) is 0 Å². The van der Waals surface area contributed by atoms with Crippen LogP contribution in [0.15, 0.2) is 79.0 Å². The molecule has 2 N–H and O–H groups in total. The Morgan fingerprint density at radius 2 is 1.76 bits per heavy atom. The van der Waals surface area contributed by atoms with Crippen LogP contribution in [0.25, 0.3) is 11.1 Å². The first-order valence-electron chi connectivity index (χ1n) is 10.8. The van der Waals surface area contributed by atoms with Crippen molar-refractivity contribution >= 4 is 11.7 Å². The molecule has 168 valence electrons. The number of hydrogen-bond acceptors (Lipinski definition) is 5. The van der Waals surface area contributed by atoms with Crippen LogP contribution in [-0.2, 0) is 6.61 Å². The van der Waals surface area contributed by atoms with E-state index in [2.05, 4.69) is 5.10 Å². The first kappa shape index (κ1) is 22.1. The number of carbonyl (C=O) groups excluding carboxylic acids is 1. The van der Waals surface area contributed by atoms with Crippen molar-refractivity contribution in [2.75, 3.05) is 12.8 Å². The molecule has 1 atom stereocenters. The van der Waals surface area contributed by atoms with Gasteiger partial charge in [-0.15, -0.1) is 0 Å². The maximum atomic E-state index is 13.1. The van der Waals surface area contributed by atoms with Crippen LogP contribution in [0, 0.1) is 6.92 Å². The van der Waals surface area contributed by atoms with Crippen LogP contribution in [0.1, 0.15) is 34.3 Å². The van der Waals surface area contributed by atoms with Crippen molar-refractivity contribution in [1.29, 1.82) is 0 Å². The zero-order chi connectivity index (χ0) is 23.4. The highest BCUT2D eigenvalue weighted by atomic mass is 16.5. The van der Waals surface area contributed by atoms with Crippen LogP contribution < -0.4 is 15.2 Å². The first-order valence-corrected chi connectivity index (χ1v) is 10.8. The van der Waals surface area contributed by atoms with Gasteiger partial charge in [0.1, 0.15) is 12.4 Å². The summed E-state index contributed by atoms with van der Waals surface area (Å²) in [7, 11) is 1.59. The number of benzene rings is 3. The predicted molar refractivity (Wildman–Crippen MR) is 130 cm³/mol. The number of carbonyl (C=O) groups is 1. The molecule has 1 aromatic heterocycles. The number of ether oxygens (including phenoxy) is 2. The lowest BCUT2D eigenvalue weighted by Gasteiger charge is -2.13. The average Bonchev–Trinajstić information content (AvgIpc) is 3.24. The number of rotatable bonds is 7. The Hall–Kier alpha value is -4.06. The molecule has 0 aliphatic carbocycles. The van der Waals surface area contributed by atoms with Gasteiger partial charge in [-0.3, -0.25) is 4.79 Å². The first-order chi connectivity index (χ1) is 16.0. The lowest BCUT2D eigenvalue weighted by Crippen LogP contribution is -2.21. The molecule has 0 spiro atoms. The molecule has 3 aromatic carbocycles. The number of nitrogen functional groups attached to an aromatic ring is 1. The molecule has 0 saturated carbocycles. The summed E-state index contributed by atoms with van der Waals surface area (Å²) in [5, 5.41) is 4.28. The second-order valence-corrected chi connectivity index (χ2v) is 7.97. The summed E-state index contributed by atoms with van der Waals surface area (Å²) in [5.41, 5.74) is 10.9. The van der Waals surface area contributed by atoms with E-state index in [9.17, 15) is 4.79 Å². The minimum Gasteiger partial charge on any atom is -0.493 e. The number of hydrogen-bond donors (Lipinski definition) is 1. The maximum Gasteiger partial charge on any atom is 0.256 e. The summed E-state index contributed by atoms with van der Waals surface area (Å²) in [5.74, 6) is 0.940. The normalized spacial score (nSPS) is 11.7. The molecule has 4 rings (SSSR count). The third-order valence-corrected chi connectivity index (χ3v) is 5.67. The van der Waals surface area contributed by atoms with E-state index in [1.165, 1.54) is 4.68 Å².